The highest BCUT2D eigenvalue weighted by Crippen LogP contribution is 2.56. The first-order valence-corrected chi connectivity index (χ1v) is 6.73. The molecule has 0 aromatic rings. The van der Waals surface area contributed by atoms with Crippen LogP contribution in [0.15, 0.2) is 0 Å². The molecule has 6 heteroatoms. The van der Waals surface area contributed by atoms with Crippen LogP contribution in [0.1, 0.15) is 26.7 Å². The molecule has 0 N–H and O–H groups in total. The first kappa shape index (κ1) is 14.0. The Morgan fingerprint density at radius 2 is 1.31 bits per heavy atom. The number of alkyl halides is 2. The van der Waals surface area contributed by atoms with E-state index in [1.807, 2.05) is 0 Å². The Labute approximate surface area is 111 Å². The minimum absolute atomic E-state index is 0.290. The lowest BCUT2D eigenvalue weighted by molar-refractivity contribution is -0.159. The highest BCUT2D eigenvalue weighted by atomic mass is 79.9. The summed E-state index contributed by atoms with van der Waals surface area (Å²) in [6, 6.07) is 0. The Morgan fingerprint density at radius 1 is 1.00 bits per heavy atom. The summed E-state index contributed by atoms with van der Waals surface area (Å²) < 4.78 is 7.90. The molecule has 1 rings (SSSR count). The molecule has 0 aromatic carbocycles. The van der Waals surface area contributed by atoms with Gasteiger partial charge in [-0.2, -0.15) is 0 Å². The maximum atomic E-state index is 11.8. The Morgan fingerprint density at radius 3 is 1.50 bits per heavy atom. The van der Waals surface area contributed by atoms with Gasteiger partial charge in [0.05, 0.1) is 13.2 Å². The quantitative estimate of drug-likeness (QED) is 0.571. The number of ether oxygens (including phenoxy) is 2. The molecule has 4 nitrogen and oxygen atoms in total. The zero-order valence-corrected chi connectivity index (χ0v) is 12.4. The van der Waals surface area contributed by atoms with Crippen LogP contribution in [0.4, 0.5) is 0 Å². The minimum atomic E-state index is -0.998. The van der Waals surface area contributed by atoms with Crippen molar-refractivity contribution >= 4 is 43.8 Å². The Kier molecular flexibility index (Phi) is 4.40. The zero-order valence-electron chi connectivity index (χ0n) is 9.22. The molecule has 0 unspecified atom stereocenters. The van der Waals surface area contributed by atoms with Gasteiger partial charge >= 0.3 is 11.9 Å². The van der Waals surface area contributed by atoms with Gasteiger partial charge in [-0.3, -0.25) is 9.59 Å². The normalized spacial score (nSPS) is 32.8. The van der Waals surface area contributed by atoms with Gasteiger partial charge in [-0.05, 0) is 26.7 Å². The molecule has 0 spiro atoms. The third-order valence-electron chi connectivity index (χ3n) is 2.64. The molecule has 0 amide bonds. The second kappa shape index (κ2) is 5.04. The van der Waals surface area contributed by atoms with E-state index in [2.05, 4.69) is 31.9 Å². The van der Waals surface area contributed by atoms with Crippen molar-refractivity contribution in [3.8, 4) is 0 Å². The van der Waals surface area contributed by atoms with Crippen LogP contribution in [0.5, 0.6) is 0 Å². The van der Waals surface area contributed by atoms with Gasteiger partial charge < -0.3 is 9.47 Å². The van der Waals surface area contributed by atoms with Crippen LogP contribution >= 0.6 is 31.9 Å². The number of hydrogen-bond donors (Lipinski definition) is 0. The van der Waals surface area contributed by atoms with E-state index in [0.717, 1.165) is 0 Å². The number of hydrogen-bond acceptors (Lipinski definition) is 4. The lowest BCUT2D eigenvalue weighted by Gasteiger charge is -2.47. The predicted octanol–water partition coefficient (Wildman–Crippen LogP) is 2.17. The molecular weight excluding hydrogens is 344 g/mol. The van der Waals surface area contributed by atoms with E-state index >= 15 is 0 Å². The molecule has 92 valence electrons. The van der Waals surface area contributed by atoms with Crippen LogP contribution in [0.2, 0.25) is 0 Å². The fourth-order valence-corrected chi connectivity index (χ4v) is 2.93. The van der Waals surface area contributed by atoms with Crippen LogP contribution in [0.3, 0.4) is 0 Å². The summed E-state index contributed by atoms with van der Waals surface area (Å²) in [5, 5.41) is 0. The first-order valence-electron chi connectivity index (χ1n) is 5.14. The molecule has 0 heterocycles. The van der Waals surface area contributed by atoms with Gasteiger partial charge in [-0.25, -0.2) is 0 Å². The lowest BCUT2D eigenvalue weighted by Crippen LogP contribution is -2.64. The molecule has 2 atom stereocenters. The Hall–Kier alpha value is -0.100. The van der Waals surface area contributed by atoms with Gasteiger partial charge in [0.2, 0.25) is 0 Å². The largest absolute Gasteiger partial charge is 0.465 e. The molecule has 0 bridgehead atoms. The number of esters is 2. The van der Waals surface area contributed by atoms with Crippen molar-refractivity contribution in [1.82, 2.24) is 0 Å². The van der Waals surface area contributed by atoms with Crippen LogP contribution < -0.4 is 0 Å². The van der Waals surface area contributed by atoms with Crippen molar-refractivity contribution in [2.24, 2.45) is 0 Å². The monoisotopic (exact) mass is 356 g/mol. The van der Waals surface area contributed by atoms with Crippen LogP contribution in [-0.4, -0.2) is 33.8 Å². The summed E-state index contributed by atoms with van der Waals surface area (Å²) in [7, 11) is 0. The molecule has 0 saturated heterocycles. The second-order valence-electron chi connectivity index (χ2n) is 3.54. The Bertz CT molecular complexity index is 277. The topological polar surface area (TPSA) is 52.6 Å². The van der Waals surface area contributed by atoms with E-state index in [1.165, 1.54) is 0 Å². The van der Waals surface area contributed by atoms with E-state index < -0.39 is 20.6 Å². The summed E-state index contributed by atoms with van der Waals surface area (Å²) in [5.41, 5.74) is 0. The molecule has 0 aromatic heterocycles. The summed E-state index contributed by atoms with van der Waals surface area (Å²) in [6.45, 7) is 4.04. The van der Waals surface area contributed by atoms with Crippen LogP contribution in [0, 0.1) is 0 Å². The fraction of sp³-hybridized carbons (Fsp3) is 0.800. The van der Waals surface area contributed by atoms with Gasteiger partial charge in [0, 0.05) is 0 Å². The molecule has 1 saturated carbocycles. The zero-order chi connectivity index (χ0) is 12.4. The summed E-state index contributed by atoms with van der Waals surface area (Å²) in [5.74, 6) is -0.850. The highest BCUT2D eigenvalue weighted by molar-refractivity contribution is 9.13. The van der Waals surface area contributed by atoms with Crippen molar-refractivity contribution in [1.29, 1.82) is 0 Å². The summed E-state index contributed by atoms with van der Waals surface area (Å²) >= 11 is 6.61. The van der Waals surface area contributed by atoms with Crippen molar-refractivity contribution < 1.29 is 19.1 Å². The second-order valence-corrected chi connectivity index (χ2v) is 6.25. The molecular formula is C10H14Br2O4. The van der Waals surface area contributed by atoms with Gasteiger partial charge in [0.25, 0.3) is 0 Å². The van der Waals surface area contributed by atoms with E-state index in [1.54, 1.807) is 13.8 Å². The van der Waals surface area contributed by atoms with Gasteiger partial charge in [0.1, 0.15) is 8.65 Å². The summed E-state index contributed by atoms with van der Waals surface area (Å²) in [4.78, 5) is 23.5. The molecule has 1 aliphatic carbocycles. The SMILES string of the molecule is CCOC(=O)[C@@]1(Br)CC[C@]1(Br)C(=O)OCC. The number of carbonyl (C=O) groups excluding carboxylic acids is 2. The predicted molar refractivity (Wildman–Crippen MR) is 65.8 cm³/mol. The molecule has 0 radical (unpaired) electrons. The molecule has 1 aliphatic rings. The first-order chi connectivity index (χ1) is 7.42. The fourth-order valence-electron chi connectivity index (χ4n) is 1.58. The van der Waals surface area contributed by atoms with Crippen molar-refractivity contribution in [2.45, 2.75) is 35.3 Å². The molecule has 1 fully saturated rings. The van der Waals surface area contributed by atoms with Gasteiger partial charge in [-0.1, -0.05) is 31.9 Å². The Balaban J connectivity index is 2.82. The number of rotatable bonds is 4. The third kappa shape index (κ3) is 2.01. The standard InChI is InChI=1S/C10H14Br2O4/c1-3-15-7(13)9(11)5-6-10(9,12)8(14)16-4-2/h3-6H2,1-2H3/t9-,10-/m0/s1. The van der Waals surface area contributed by atoms with Gasteiger partial charge in [-0.15, -0.1) is 0 Å². The van der Waals surface area contributed by atoms with Crippen molar-refractivity contribution in [3.05, 3.63) is 0 Å². The average Bonchev–Trinajstić information content (AvgIpc) is 2.25. The maximum absolute atomic E-state index is 11.8. The number of carbonyl (C=O) groups is 2. The third-order valence-corrected chi connectivity index (χ3v) is 5.97. The minimum Gasteiger partial charge on any atom is -0.465 e. The summed E-state index contributed by atoms with van der Waals surface area (Å²) in [6.07, 6.45) is 1.10. The molecule has 0 aliphatic heterocycles. The van der Waals surface area contributed by atoms with Gasteiger partial charge in [0.15, 0.2) is 0 Å². The highest BCUT2D eigenvalue weighted by Gasteiger charge is 2.67. The van der Waals surface area contributed by atoms with Crippen LogP contribution in [0.25, 0.3) is 0 Å². The van der Waals surface area contributed by atoms with Crippen molar-refractivity contribution in [3.63, 3.8) is 0 Å². The van der Waals surface area contributed by atoms with E-state index in [0.29, 0.717) is 12.8 Å². The smallest absolute Gasteiger partial charge is 0.324 e. The lowest BCUT2D eigenvalue weighted by atomic mass is 9.73. The number of halogens is 2. The van der Waals surface area contributed by atoms with Crippen LogP contribution in [-0.2, 0) is 19.1 Å². The van der Waals surface area contributed by atoms with E-state index in [4.69, 9.17) is 9.47 Å². The van der Waals surface area contributed by atoms with E-state index in [9.17, 15) is 9.59 Å². The maximum Gasteiger partial charge on any atom is 0.324 e. The average molecular weight is 358 g/mol. The molecule has 16 heavy (non-hydrogen) atoms. The van der Waals surface area contributed by atoms with Crippen molar-refractivity contribution in [2.75, 3.05) is 13.2 Å². The van der Waals surface area contributed by atoms with E-state index in [-0.39, 0.29) is 13.2 Å².